The Morgan fingerprint density at radius 1 is 1.04 bits per heavy atom. The van der Waals surface area contributed by atoms with E-state index in [9.17, 15) is 4.79 Å². The highest BCUT2D eigenvalue weighted by molar-refractivity contribution is 5.97. The number of carbonyl (C=O) groups excluding carboxylic acids is 1. The first-order valence-corrected chi connectivity index (χ1v) is 10.5. The molecule has 1 aromatic carbocycles. The molecule has 4 rings (SSSR count). The summed E-state index contributed by atoms with van der Waals surface area (Å²) in [6.07, 6.45) is 8.24. The zero-order chi connectivity index (χ0) is 17.9. The molecule has 0 radical (unpaired) electrons. The predicted octanol–water partition coefficient (Wildman–Crippen LogP) is 4.04. The minimum atomic E-state index is 0.355. The van der Waals surface area contributed by atoms with E-state index in [0.29, 0.717) is 17.9 Å². The van der Waals surface area contributed by atoms with Crippen LogP contribution >= 0.6 is 0 Å². The minimum absolute atomic E-state index is 0.355. The van der Waals surface area contributed by atoms with Crippen LogP contribution in [0.1, 0.15) is 51.0 Å². The third-order valence-electron chi connectivity index (χ3n) is 6.72. The van der Waals surface area contributed by atoms with E-state index in [1.165, 1.54) is 55.5 Å². The highest BCUT2D eigenvalue weighted by Gasteiger charge is 2.38. The molecule has 2 aliphatic heterocycles. The van der Waals surface area contributed by atoms with E-state index in [4.69, 9.17) is 0 Å². The number of rotatable bonds is 5. The largest absolute Gasteiger partial charge is 0.332 e. The molecule has 0 spiro atoms. The van der Waals surface area contributed by atoms with Gasteiger partial charge in [-0.05, 0) is 82.0 Å². The van der Waals surface area contributed by atoms with Gasteiger partial charge in [0.1, 0.15) is 0 Å². The van der Waals surface area contributed by atoms with Crippen LogP contribution in [0, 0.1) is 5.92 Å². The molecule has 1 aromatic rings. The van der Waals surface area contributed by atoms with E-state index in [2.05, 4.69) is 47.1 Å². The van der Waals surface area contributed by atoms with Crippen molar-refractivity contribution >= 4 is 5.91 Å². The molecule has 0 bridgehead atoms. The summed E-state index contributed by atoms with van der Waals surface area (Å²) in [5.74, 6) is 1.04. The maximum Gasteiger partial charge on any atom is 0.250 e. The predicted molar refractivity (Wildman–Crippen MR) is 106 cm³/mol. The van der Waals surface area contributed by atoms with Crippen LogP contribution in [0.3, 0.4) is 0 Å². The number of nitrogens with zero attached hydrogens (tertiary/aromatic N) is 2. The lowest BCUT2D eigenvalue weighted by atomic mass is 9.91. The standard InChI is InChI=1S/C23H32N2O/c1-18-21-9-5-6-10-22(21)23(26)25(18)17-20-12-15-24(16-13-20)14-11-19-7-3-2-4-8-19/h2-4,7-8,18,20H,5-6,9-17H2,1H3. The molecule has 3 heteroatoms. The summed E-state index contributed by atoms with van der Waals surface area (Å²) in [6.45, 7) is 6.74. The van der Waals surface area contributed by atoms with Crippen LogP contribution in [0.4, 0.5) is 0 Å². The van der Waals surface area contributed by atoms with Gasteiger partial charge >= 0.3 is 0 Å². The van der Waals surface area contributed by atoms with Crippen molar-refractivity contribution < 1.29 is 4.79 Å². The first-order chi connectivity index (χ1) is 12.7. The van der Waals surface area contributed by atoms with Gasteiger partial charge in [-0.2, -0.15) is 0 Å². The van der Waals surface area contributed by atoms with Crippen LogP contribution in [0.5, 0.6) is 0 Å². The first-order valence-electron chi connectivity index (χ1n) is 10.5. The Morgan fingerprint density at radius 2 is 1.77 bits per heavy atom. The summed E-state index contributed by atoms with van der Waals surface area (Å²) in [5, 5.41) is 0. The molecule has 3 aliphatic rings. The van der Waals surface area contributed by atoms with E-state index in [1.54, 1.807) is 0 Å². The topological polar surface area (TPSA) is 23.6 Å². The molecule has 0 saturated carbocycles. The van der Waals surface area contributed by atoms with Crippen LogP contribution in [-0.2, 0) is 11.2 Å². The highest BCUT2D eigenvalue weighted by atomic mass is 16.2. The van der Waals surface area contributed by atoms with Crippen LogP contribution in [0.15, 0.2) is 41.5 Å². The van der Waals surface area contributed by atoms with E-state index in [1.807, 2.05) is 0 Å². The zero-order valence-corrected chi connectivity index (χ0v) is 16.1. The lowest BCUT2D eigenvalue weighted by Crippen LogP contribution is -2.42. The van der Waals surface area contributed by atoms with Crippen molar-refractivity contribution in [2.75, 3.05) is 26.2 Å². The summed E-state index contributed by atoms with van der Waals surface area (Å²) < 4.78 is 0. The van der Waals surface area contributed by atoms with Gasteiger partial charge < -0.3 is 9.80 Å². The van der Waals surface area contributed by atoms with Gasteiger partial charge in [-0.3, -0.25) is 4.79 Å². The van der Waals surface area contributed by atoms with E-state index >= 15 is 0 Å². The van der Waals surface area contributed by atoms with E-state index < -0.39 is 0 Å². The molecule has 1 unspecified atom stereocenters. The number of carbonyl (C=O) groups is 1. The van der Waals surface area contributed by atoms with Gasteiger partial charge in [0, 0.05) is 18.7 Å². The minimum Gasteiger partial charge on any atom is -0.332 e. The summed E-state index contributed by atoms with van der Waals surface area (Å²) in [5.41, 5.74) is 4.06. The fraction of sp³-hybridized carbons (Fsp3) is 0.609. The molecular weight excluding hydrogens is 320 g/mol. The van der Waals surface area contributed by atoms with Gasteiger partial charge in [-0.15, -0.1) is 0 Å². The number of benzene rings is 1. The number of hydrogen-bond acceptors (Lipinski definition) is 2. The first kappa shape index (κ1) is 17.8. The Labute approximate surface area is 158 Å². The van der Waals surface area contributed by atoms with Gasteiger partial charge in [0.25, 0.3) is 0 Å². The van der Waals surface area contributed by atoms with Crippen molar-refractivity contribution in [1.82, 2.24) is 9.80 Å². The summed E-state index contributed by atoms with van der Waals surface area (Å²) in [6, 6.07) is 11.1. The molecule has 26 heavy (non-hydrogen) atoms. The Balaban J connectivity index is 1.25. The number of piperidine rings is 1. The third-order valence-corrected chi connectivity index (χ3v) is 6.72. The number of amides is 1. The summed E-state index contributed by atoms with van der Waals surface area (Å²) in [4.78, 5) is 17.6. The Kier molecular flexibility index (Phi) is 5.44. The van der Waals surface area contributed by atoms with Crippen molar-refractivity contribution in [3.8, 4) is 0 Å². The van der Waals surface area contributed by atoms with Crippen LogP contribution < -0.4 is 0 Å². The van der Waals surface area contributed by atoms with Crippen molar-refractivity contribution in [2.24, 2.45) is 5.92 Å². The van der Waals surface area contributed by atoms with Gasteiger partial charge in [0.05, 0.1) is 6.04 Å². The van der Waals surface area contributed by atoms with Crippen molar-refractivity contribution in [1.29, 1.82) is 0 Å². The van der Waals surface area contributed by atoms with Crippen LogP contribution in [0.25, 0.3) is 0 Å². The molecule has 0 aromatic heterocycles. The van der Waals surface area contributed by atoms with Gasteiger partial charge in [-0.1, -0.05) is 30.3 Å². The summed E-state index contributed by atoms with van der Waals surface area (Å²) >= 11 is 0. The summed E-state index contributed by atoms with van der Waals surface area (Å²) in [7, 11) is 0. The fourth-order valence-electron chi connectivity index (χ4n) is 5.02. The van der Waals surface area contributed by atoms with E-state index in [0.717, 1.165) is 32.4 Å². The number of likely N-dealkylation sites (tertiary alicyclic amines) is 1. The molecule has 1 saturated heterocycles. The van der Waals surface area contributed by atoms with Crippen LogP contribution in [-0.4, -0.2) is 47.9 Å². The molecule has 1 atom stereocenters. The lowest BCUT2D eigenvalue weighted by Gasteiger charge is -2.35. The molecule has 2 heterocycles. The molecule has 1 aliphatic carbocycles. The average Bonchev–Trinajstić information content (AvgIpc) is 2.93. The van der Waals surface area contributed by atoms with E-state index in [-0.39, 0.29) is 0 Å². The third kappa shape index (κ3) is 3.73. The lowest BCUT2D eigenvalue weighted by molar-refractivity contribution is -0.127. The molecule has 0 N–H and O–H groups in total. The second-order valence-electron chi connectivity index (χ2n) is 8.37. The second-order valence-corrected chi connectivity index (χ2v) is 8.37. The maximum atomic E-state index is 12.8. The smallest absolute Gasteiger partial charge is 0.250 e. The van der Waals surface area contributed by atoms with Crippen molar-refractivity contribution in [2.45, 2.75) is 57.9 Å². The quantitative estimate of drug-likeness (QED) is 0.798. The van der Waals surface area contributed by atoms with Gasteiger partial charge in [-0.25, -0.2) is 0 Å². The zero-order valence-electron chi connectivity index (χ0n) is 16.1. The molecule has 140 valence electrons. The van der Waals surface area contributed by atoms with Gasteiger partial charge in [0.15, 0.2) is 0 Å². The normalized spacial score (nSPS) is 25.0. The molecule has 1 amide bonds. The number of hydrogen-bond donors (Lipinski definition) is 0. The Morgan fingerprint density at radius 3 is 2.50 bits per heavy atom. The highest BCUT2D eigenvalue weighted by Crippen LogP contribution is 2.37. The fourth-order valence-corrected chi connectivity index (χ4v) is 5.02. The monoisotopic (exact) mass is 352 g/mol. The maximum absolute atomic E-state index is 12.8. The Hall–Kier alpha value is -1.61. The average molecular weight is 353 g/mol. The molecule has 1 fully saturated rings. The molecule has 3 nitrogen and oxygen atoms in total. The Bertz CT molecular complexity index is 658. The van der Waals surface area contributed by atoms with Crippen molar-refractivity contribution in [3.63, 3.8) is 0 Å². The van der Waals surface area contributed by atoms with Crippen LogP contribution in [0.2, 0.25) is 0 Å². The second kappa shape index (κ2) is 7.96. The van der Waals surface area contributed by atoms with Gasteiger partial charge in [0.2, 0.25) is 5.91 Å². The SMILES string of the molecule is CC1C2=C(CCCC2)C(=O)N1CC1CCN(CCc2ccccc2)CC1. The molecular formula is C23H32N2O. The van der Waals surface area contributed by atoms with Crippen molar-refractivity contribution in [3.05, 3.63) is 47.0 Å².